The molecule has 0 aromatic heterocycles. The highest BCUT2D eigenvalue weighted by molar-refractivity contribution is 7.47. The molecule has 0 saturated heterocycles. The van der Waals surface area contributed by atoms with Crippen molar-refractivity contribution in [3.05, 3.63) is 109 Å². The van der Waals surface area contributed by atoms with E-state index in [1.54, 1.807) is 6.08 Å². The Morgan fingerprint density at radius 1 is 0.525 bits per heavy atom. The quantitative estimate of drug-likeness (QED) is 0.0236. The highest BCUT2D eigenvalue weighted by Gasteiger charge is 2.27. The number of aliphatic hydroxyl groups excluding tert-OH is 2. The van der Waals surface area contributed by atoms with Gasteiger partial charge in [0, 0.05) is 6.42 Å². The standard InChI is InChI=1S/C48H77O10P/c1-3-5-7-9-11-13-15-17-19-20-21-22-23-24-26-27-29-31-33-35-37-39-47(51)55-43-46(44-57-59(53,54)56-42-45(50)41-49)58-48(52)40-38-36-34-32-30-28-25-18-16-14-12-10-8-6-4-2/h5-8,11-14,17-19,21-22,25,30,32,36,38,45-46,49-50H,3-4,9-10,15-16,20,23-24,26-29,31,33-35,37,39-44H2,1-2H3,(H,53,54)/b7-5-,8-6-,13-11-,14-12-,19-17-,22-21-,25-18-,32-30-,38-36-. The number of phosphoric ester groups is 1. The zero-order chi connectivity index (χ0) is 43.3. The summed E-state index contributed by atoms with van der Waals surface area (Å²) in [5, 5.41) is 18.3. The number of esters is 2. The van der Waals surface area contributed by atoms with Crippen LogP contribution in [-0.4, -0.2) is 65.7 Å². The van der Waals surface area contributed by atoms with Gasteiger partial charge >= 0.3 is 19.8 Å². The van der Waals surface area contributed by atoms with Crippen LogP contribution in [0.25, 0.3) is 0 Å². The average molecular weight is 845 g/mol. The fourth-order valence-corrected chi connectivity index (χ4v) is 5.97. The first-order chi connectivity index (χ1) is 28.7. The molecule has 0 spiro atoms. The summed E-state index contributed by atoms with van der Waals surface area (Å²) in [6, 6.07) is 0. The van der Waals surface area contributed by atoms with Gasteiger partial charge in [-0.25, -0.2) is 4.57 Å². The van der Waals surface area contributed by atoms with E-state index in [4.69, 9.17) is 19.1 Å². The van der Waals surface area contributed by atoms with Crippen LogP contribution in [-0.2, 0) is 32.7 Å². The molecule has 0 radical (unpaired) electrons. The van der Waals surface area contributed by atoms with E-state index < -0.39 is 51.8 Å². The number of hydrogen-bond donors (Lipinski definition) is 3. The van der Waals surface area contributed by atoms with Gasteiger partial charge in [0.05, 0.1) is 26.2 Å². The van der Waals surface area contributed by atoms with Gasteiger partial charge in [-0.1, -0.05) is 162 Å². The van der Waals surface area contributed by atoms with Gasteiger partial charge in [-0.3, -0.25) is 18.6 Å². The van der Waals surface area contributed by atoms with E-state index >= 15 is 0 Å². The average Bonchev–Trinajstić information content (AvgIpc) is 3.22. The summed E-state index contributed by atoms with van der Waals surface area (Å²) in [6.07, 6.45) is 53.7. The lowest BCUT2D eigenvalue weighted by Crippen LogP contribution is -2.29. The fraction of sp³-hybridized carbons (Fsp3) is 0.583. The molecule has 11 heteroatoms. The molecule has 10 nitrogen and oxygen atoms in total. The second-order valence-electron chi connectivity index (χ2n) is 14.0. The number of aliphatic hydroxyl groups is 2. The predicted octanol–water partition coefficient (Wildman–Crippen LogP) is 11.8. The van der Waals surface area contributed by atoms with E-state index in [2.05, 4.69) is 103 Å². The molecule has 0 fully saturated rings. The van der Waals surface area contributed by atoms with Crippen LogP contribution in [0.2, 0.25) is 0 Å². The summed E-state index contributed by atoms with van der Waals surface area (Å²) in [6.45, 7) is 2.01. The summed E-state index contributed by atoms with van der Waals surface area (Å²) in [4.78, 5) is 34.9. The molecule has 3 N–H and O–H groups in total. The monoisotopic (exact) mass is 845 g/mol. The van der Waals surface area contributed by atoms with Gasteiger partial charge in [0.1, 0.15) is 12.7 Å². The number of hydrogen-bond acceptors (Lipinski definition) is 9. The number of ether oxygens (including phenoxy) is 2. The molecule has 0 bridgehead atoms. The molecule has 0 aromatic carbocycles. The van der Waals surface area contributed by atoms with Crippen LogP contribution in [0.1, 0.15) is 142 Å². The van der Waals surface area contributed by atoms with E-state index in [0.717, 1.165) is 77.0 Å². The summed E-state index contributed by atoms with van der Waals surface area (Å²) < 4.78 is 32.6. The van der Waals surface area contributed by atoms with Gasteiger partial charge in [-0.05, 0) is 77.0 Å². The number of carbonyl (C=O) groups is 2. The van der Waals surface area contributed by atoms with Crippen molar-refractivity contribution >= 4 is 19.8 Å². The molecule has 0 aliphatic rings. The summed E-state index contributed by atoms with van der Waals surface area (Å²) in [5.41, 5.74) is 0. The summed E-state index contributed by atoms with van der Waals surface area (Å²) in [7, 11) is -4.65. The van der Waals surface area contributed by atoms with E-state index in [-0.39, 0.29) is 19.4 Å². The Balaban J connectivity index is 4.40. The largest absolute Gasteiger partial charge is 0.472 e. The molecule has 3 unspecified atom stereocenters. The van der Waals surface area contributed by atoms with Gasteiger partial charge in [0.25, 0.3) is 0 Å². The lowest BCUT2D eigenvalue weighted by Gasteiger charge is -2.20. The molecule has 59 heavy (non-hydrogen) atoms. The highest BCUT2D eigenvalue weighted by atomic mass is 31.2. The van der Waals surface area contributed by atoms with Gasteiger partial charge in [-0.2, -0.15) is 0 Å². The van der Waals surface area contributed by atoms with Crippen molar-refractivity contribution < 1.29 is 47.8 Å². The van der Waals surface area contributed by atoms with Crippen molar-refractivity contribution in [1.29, 1.82) is 0 Å². The number of unbranched alkanes of at least 4 members (excludes halogenated alkanes) is 8. The summed E-state index contributed by atoms with van der Waals surface area (Å²) >= 11 is 0. The number of carbonyl (C=O) groups excluding carboxylic acids is 2. The number of phosphoric acid groups is 1. The Hall–Kier alpha value is -3.37. The Morgan fingerprint density at radius 3 is 1.41 bits per heavy atom. The predicted molar refractivity (Wildman–Crippen MR) is 242 cm³/mol. The van der Waals surface area contributed by atoms with Crippen LogP contribution in [0.5, 0.6) is 0 Å². The first-order valence-corrected chi connectivity index (χ1v) is 23.3. The zero-order valence-electron chi connectivity index (χ0n) is 36.2. The Kier molecular flexibility index (Phi) is 40.3. The first kappa shape index (κ1) is 55.6. The van der Waals surface area contributed by atoms with E-state index in [1.807, 2.05) is 18.2 Å². The lowest BCUT2D eigenvalue weighted by molar-refractivity contribution is -0.160. The van der Waals surface area contributed by atoms with Crippen molar-refractivity contribution in [3.8, 4) is 0 Å². The van der Waals surface area contributed by atoms with Crippen molar-refractivity contribution in [3.63, 3.8) is 0 Å². The van der Waals surface area contributed by atoms with Crippen molar-refractivity contribution in [2.45, 2.75) is 154 Å². The second kappa shape index (κ2) is 42.7. The van der Waals surface area contributed by atoms with E-state index in [0.29, 0.717) is 12.8 Å². The topological polar surface area (TPSA) is 149 Å². The third-order valence-corrected chi connectivity index (χ3v) is 9.41. The second-order valence-corrected chi connectivity index (χ2v) is 15.4. The van der Waals surface area contributed by atoms with Crippen LogP contribution in [0.15, 0.2) is 109 Å². The summed E-state index contributed by atoms with van der Waals surface area (Å²) in [5.74, 6) is -1.09. The third kappa shape index (κ3) is 42.6. The Labute approximate surface area is 356 Å². The molecule has 0 rings (SSSR count). The Morgan fingerprint density at radius 2 is 0.932 bits per heavy atom. The molecule has 334 valence electrons. The lowest BCUT2D eigenvalue weighted by atomic mass is 10.1. The van der Waals surface area contributed by atoms with Gasteiger partial charge < -0.3 is 24.6 Å². The number of rotatable bonds is 39. The molecular formula is C48H77O10P. The minimum absolute atomic E-state index is 0.0563. The van der Waals surface area contributed by atoms with E-state index in [1.165, 1.54) is 25.7 Å². The smallest absolute Gasteiger partial charge is 0.462 e. The van der Waals surface area contributed by atoms with E-state index in [9.17, 15) is 24.2 Å². The maximum atomic E-state index is 12.5. The molecule has 0 aliphatic carbocycles. The molecule has 0 aromatic rings. The maximum absolute atomic E-state index is 12.5. The van der Waals surface area contributed by atoms with Gasteiger partial charge in [0.2, 0.25) is 0 Å². The van der Waals surface area contributed by atoms with Crippen LogP contribution in [0.4, 0.5) is 0 Å². The normalized spacial score (nSPS) is 14.9. The fourth-order valence-electron chi connectivity index (χ4n) is 5.18. The van der Waals surface area contributed by atoms with Crippen LogP contribution in [0, 0.1) is 0 Å². The molecular weight excluding hydrogens is 767 g/mol. The minimum atomic E-state index is -4.65. The van der Waals surface area contributed by atoms with Crippen molar-refractivity contribution in [2.24, 2.45) is 0 Å². The SMILES string of the molecule is CC/C=C\C/C=C\C/C=C\C/C=C\C/C=C\CC(=O)OC(COC(=O)CCCCCCCCCC/C=C\C/C=C\C/C=C\C/C=C\CC)COP(=O)(O)OCC(O)CO. The molecule has 0 saturated carbocycles. The first-order valence-electron chi connectivity index (χ1n) is 21.8. The minimum Gasteiger partial charge on any atom is -0.462 e. The molecule has 0 amide bonds. The molecule has 3 atom stereocenters. The van der Waals surface area contributed by atoms with Crippen LogP contribution < -0.4 is 0 Å². The Bertz CT molecular complexity index is 1340. The van der Waals surface area contributed by atoms with Gasteiger partial charge in [0.15, 0.2) is 6.10 Å². The zero-order valence-corrected chi connectivity index (χ0v) is 37.1. The maximum Gasteiger partial charge on any atom is 0.472 e. The van der Waals surface area contributed by atoms with Gasteiger partial charge in [-0.15, -0.1) is 0 Å². The van der Waals surface area contributed by atoms with Crippen LogP contribution >= 0.6 is 7.82 Å². The molecule has 0 aliphatic heterocycles. The highest BCUT2D eigenvalue weighted by Crippen LogP contribution is 2.43. The third-order valence-electron chi connectivity index (χ3n) is 8.46. The van der Waals surface area contributed by atoms with Crippen molar-refractivity contribution in [1.82, 2.24) is 0 Å². The molecule has 0 heterocycles. The number of allylic oxidation sites excluding steroid dienone is 17. The van der Waals surface area contributed by atoms with Crippen LogP contribution in [0.3, 0.4) is 0 Å². The van der Waals surface area contributed by atoms with Crippen molar-refractivity contribution in [2.75, 3.05) is 26.4 Å².